The van der Waals surface area contributed by atoms with Gasteiger partial charge in [0.1, 0.15) is 6.10 Å². The van der Waals surface area contributed by atoms with Gasteiger partial charge in [0, 0.05) is 6.42 Å². The van der Waals surface area contributed by atoms with Crippen molar-refractivity contribution in [3.63, 3.8) is 0 Å². The highest BCUT2D eigenvalue weighted by Crippen LogP contribution is 2.18. The van der Waals surface area contributed by atoms with Crippen molar-refractivity contribution in [2.45, 2.75) is 277 Å². The van der Waals surface area contributed by atoms with E-state index in [1.165, 1.54) is 122 Å². The van der Waals surface area contributed by atoms with Gasteiger partial charge in [0.15, 0.2) is 0 Å². The molecular weight excluding hydrogens is 743 g/mol. The number of nitrogens with one attached hydrogen (secondary N) is 1. The predicted molar refractivity (Wildman–Crippen MR) is 259 cm³/mol. The number of allylic oxidation sites excluding steroid dienone is 8. The summed E-state index contributed by atoms with van der Waals surface area (Å²) in [5, 5.41) is 23.7. The highest BCUT2D eigenvalue weighted by atomic mass is 16.5. The Labute approximate surface area is 372 Å². The zero-order valence-corrected chi connectivity index (χ0v) is 39.8. The Morgan fingerprint density at radius 3 is 1.35 bits per heavy atom. The van der Waals surface area contributed by atoms with Crippen molar-refractivity contribution in [2.24, 2.45) is 0 Å². The minimum absolute atomic E-state index is 0.0659. The second-order valence-corrected chi connectivity index (χ2v) is 17.5. The Morgan fingerprint density at radius 1 is 0.500 bits per heavy atom. The van der Waals surface area contributed by atoms with Crippen molar-refractivity contribution >= 4 is 11.9 Å². The van der Waals surface area contributed by atoms with Crippen LogP contribution in [-0.4, -0.2) is 46.9 Å². The lowest BCUT2D eigenvalue weighted by atomic mass is 10.0. The van der Waals surface area contributed by atoms with E-state index in [1.807, 2.05) is 0 Å². The fourth-order valence-electron chi connectivity index (χ4n) is 7.77. The second kappa shape index (κ2) is 47.9. The summed E-state index contributed by atoms with van der Waals surface area (Å²) >= 11 is 0. The molecule has 6 nitrogen and oxygen atoms in total. The highest BCUT2D eigenvalue weighted by molar-refractivity contribution is 5.77. The molecule has 3 unspecified atom stereocenters. The summed E-state index contributed by atoms with van der Waals surface area (Å²) in [6, 6.07) is -0.705. The van der Waals surface area contributed by atoms with Gasteiger partial charge in [-0.1, -0.05) is 230 Å². The van der Waals surface area contributed by atoms with Crippen LogP contribution in [0.1, 0.15) is 258 Å². The number of carbonyl (C=O) groups is 2. The molecule has 0 aromatic heterocycles. The van der Waals surface area contributed by atoms with Crippen molar-refractivity contribution in [2.75, 3.05) is 6.61 Å². The quantitative estimate of drug-likeness (QED) is 0.0322. The van der Waals surface area contributed by atoms with Crippen LogP contribution < -0.4 is 5.32 Å². The summed E-state index contributed by atoms with van der Waals surface area (Å²) < 4.78 is 5.89. The Balaban J connectivity index is 4.42. The van der Waals surface area contributed by atoms with E-state index >= 15 is 0 Å². The maximum absolute atomic E-state index is 13.2. The lowest BCUT2D eigenvalue weighted by Crippen LogP contribution is -2.46. The van der Waals surface area contributed by atoms with Crippen molar-refractivity contribution in [1.82, 2.24) is 5.32 Å². The zero-order chi connectivity index (χ0) is 43.8. The van der Waals surface area contributed by atoms with E-state index in [-0.39, 0.29) is 24.9 Å². The van der Waals surface area contributed by atoms with E-state index in [9.17, 15) is 19.8 Å². The fourth-order valence-corrected chi connectivity index (χ4v) is 7.77. The largest absolute Gasteiger partial charge is 0.462 e. The van der Waals surface area contributed by atoms with E-state index in [4.69, 9.17) is 4.74 Å². The average molecular weight is 842 g/mol. The molecule has 0 aliphatic rings. The molecule has 1 amide bonds. The number of hydrogen-bond donors (Lipinski definition) is 3. The first kappa shape index (κ1) is 57.8. The zero-order valence-electron chi connectivity index (χ0n) is 39.8. The summed E-state index contributed by atoms with van der Waals surface area (Å²) in [5.74, 6) is -0.508. The van der Waals surface area contributed by atoms with Crippen LogP contribution in [0.4, 0.5) is 0 Å². The summed E-state index contributed by atoms with van der Waals surface area (Å²) in [6.07, 6.45) is 57.5. The smallest absolute Gasteiger partial charge is 0.306 e. The predicted octanol–water partition coefficient (Wildman–Crippen LogP) is 15.5. The van der Waals surface area contributed by atoms with Crippen LogP contribution in [0.3, 0.4) is 0 Å². The Bertz CT molecular complexity index is 1040. The standard InChI is InChI=1S/C54H99NO5/c1-4-7-10-13-16-19-21-23-25-27-28-30-32-34-37-40-43-46-52(57)51(49-56)55-53(58)48-50(45-42-39-36-18-15-12-9-6-3)60-54(59)47-44-41-38-35-33-31-29-26-24-22-20-17-14-11-8-5-2/h8,11,17,20,24,26,31,33,50-52,56-57H,4-7,9-10,12-16,18-19,21-23,25,27-30,32,34-49H2,1-3H3,(H,55,58)/b11-8+,20-17+,26-24+,33-31+. The van der Waals surface area contributed by atoms with Crippen molar-refractivity contribution < 1.29 is 24.5 Å². The SMILES string of the molecule is CC/C=C/C/C=C/C/C=C/C/C=C/CCCCCC(=O)OC(CCCCCCCCCC)CC(=O)NC(CO)C(O)CCCCCCCCCCCCCCCCCCC. The van der Waals surface area contributed by atoms with Gasteiger partial charge in [-0.25, -0.2) is 0 Å². The molecule has 0 bridgehead atoms. The molecule has 0 aromatic carbocycles. The first-order valence-electron chi connectivity index (χ1n) is 25.9. The van der Waals surface area contributed by atoms with Gasteiger partial charge < -0.3 is 20.3 Å². The van der Waals surface area contributed by atoms with Crippen molar-refractivity contribution in [3.05, 3.63) is 48.6 Å². The van der Waals surface area contributed by atoms with E-state index < -0.39 is 18.2 Å². The summed E-state index contributed by atoms with van der Waals surface area (Å²) in [7, 11) is 0. The van der Waals surface area contributed by atoms with Crippen LogP contribution in [0.15, 0.2) is 48.6 Å². The van der Waals surface area contributed by atoms with E-state index in [1.54, 1.807) is 0 Å². The molecule has 0 saturated carbocycles. The molecule has 0 aromatic rings. The van der Waals surface area contributed by atoms with Gasteiger partial charge in [-0.3, -0.25) is 9.59 Å². The Kier molecular flexibility index (Phi) is 46.1. The lowest BCUT2D eigenvalue weighted by molar-refractivity contribution is -0.151. The highest BCUT2D eigenvalue weighted by Gasteiger charge is 2.24. The molecule has 0 saturated heterocycles. The second-order valence-electron chi connectivity index (χ2n) is 17.5. The summed E-state index contributed by atoms with van der Waals surface area (Å²) in [5.41, 5.74) is 0. The number of carbonyl (C=O) groups excluding carboxylic acids is 2. The monoisotopic (exact) mass is 842 g/mol. The molecule has 3 atom stereocenters. The van der Waals surface area contributed by atoms with Crippen LogP contribution in [0.25, 0.3) is 0 Å². The molecule has 3 N–H and O–H groups in total. The number of unbranched alkanes of at least 4 members (excludes halogenated alkanes) is 26. The molecule has 0 radical (unpaired) electrons. The number of amides is 1. The van der Waals surface area contributed by atoms with Crippen molar-refractivity contribution in [1.29, 1.82) is 0 Å². The minimum atomic E-state index is -0.791. The molecule has 0 heterocycles. The van der Waals surface area contributed by atoms with Gasteiger partial charge in [-0.05, 0) is 64.2 Å². The molecular formula is C54H99NO5. The number of esters is 1. The number of aliphatic hydroxyl groups is 2. The third-order valence-corrected chi connectivity index (χ3v) is 11.7. The van der Waals surface area contributed by atoms with Gasteiger partial charge in [0.05, 0.1) is 25.2 Å². The van der Waals surface area contributed by atoms with Crippen LogP contribution in [0.2, 0.25) is 0 Å². The number of rotatable bonds is 46. The minimum Gasteiger partial charge on any atom is -0.462 e. The molecule has 0 aliphatic heterocycles. The number of aliphatic hydroxyl groups excluding tert-OH is 2. The third-order valence-electron chi connectivity index (χ3n) is 11.7. The normalized spacial score (nSPS) is 13.6. The number of hydrogen-bond acceptors (Lipinski definition) is 5. The van der Waals surface area contributed by atoms with E-state index in [2.05, 4.69) is 74.7 Å². The van der Waals surface area contributed by atoms with Gasteiger partial charge in [-0.2, -0.15) is 0 Å². The molecule has 60 heavy (non-hydrogen) atoms. The molecule has 6 heteroatoms. The van der Waals surface area contributed by atoms with Gasteiger partial charge >= 0.3 is 5.97 Å². The number of ether oxygens (including phenoxy) is 1. The van der Waals surface area contributed by atoms with Crippen molar-refractivity contribution in [3.8, 4) is 0 Å². The van der Waals surface area contributed by atoms with Crippen LogP contribution in [0.5, 0.6) is 0 Å². The Hall–Kier alpha value is -2.18. The first-order chi connectivity index (χ1) is 29.5. The summed E-state index contributed by atoms with van der Waals surface area (Å²) in [4.78, 5) is 26.0. The van der Waals surface area contributed by atoms with Crippen LogP contribution in [-0.2, 0) is 14.3 Å². The molecule has 350 valence electrons. The fraction of sp³-hybridized carbons (Fsp3) is 0.815. The lowest BCUT2D eigenvalue weighted by Gasteiger charge is -2.24. The maximum atomic E-state index is 13.2. The van der Waals surface area contributed by atoms with Gasteiger partial charge in [0.25, 0.3) is 0 Å². The topological polar surface area (TPSA) is 95.9 Å². The Morgan fingerprint density at radius 2 is 0.900 bits per heavy atom. The van der Waals surface area contributed by atoms with Gasteiger partial charge in [0.2, 0.25) is 5.91 Å². The molecule has 0 aliphatic carbocycles. The average Bonchev–Trinajstić information content (AvgIpc) is 3.24. The maximum Gasteiger partial charge on any atom is 0.306 e. The third kappa shape index (κ3) is 42.5. The van der Waals surface area contributed by atoms with E-state index in [0.717, 1.165) is 89.9 Å². The van der Waals surface area contributed by atoms with Gasteiger partial charge in [-0.15, -0.1) is 0 Å². The first-order valence-corrected chi connectivity index (χ1v) is 25.9. The molecule has 0 spiro atoms. The summed E-state index contributed by atoms with van der Waals surface area (Å²) in [6.45, 7) is 6.35. The van der Waals surface area contributed by atoms with Crippen LogP contribution in [0, 0.1) is 0 Å². The van der Waals surface area contributed by atoms with Crippen LogP contribution >= 0.6 is 0 Å². The van der Waals surface area contributed by atoms with E-state index in [0.29, 0.717) is 19.3 Å². The molecule has 0 rings (SSSR count). The molecule has 0 fully saturated rings.